The van der Waals surface area contributed by atoms with Crippen LogP contribution in [-0.2, 0) is 11.3 Å². The number of carbonyl (C=O) groups excluding carboxylic acids is 1. The molecule has 0 bridgehead atoms. The molecule has 1 aromatic heterocycles. The molecular weight excluding hydrogens is 222 g/mol. The van der Waals surface area contributed by atoms with E-state index in [9.17, 15) is 4.79 Å². The minimum Gasteiger partial charge on any atom is -0.348 e. The minimum atomic E-state index is -0.0243. The third-order valence-electron chi connectivity index (χ3n) is 2.88. The summed E-state index contributed by atoms with van der Waals surface area (Å²) >= 11 is 1.57. The van der Waals surface area contributed by atoms with Gasteiger partial charge in [0.15, 0.2) is 0 Å². The Bertz CT molecular complexity index is 339. The Hall–Kier alpha value is -0.940. The molecule has 0 aromatic carbocycles. The summed E-state index contributed by atoms with van der Waals surface area (Å²) in [5.74, 6) is 0.735. The van der Waals surface area contributed by atoms with Crippen LogP contribution in [0.25, 0.3) is 0 Å². The lowest BCUT2D eigenvalue weighted by atomic mass is 9.94. The molecule has 88 valence electrons. The Morgan fingerprint density at radius 3 is 3.31 bits per heavy atom. The zero-order valence-corrected chi connectivity index (χ0v) is 10.2. The summed E-state index contributed by atoms with van der Waals surface area (Å²) in [6, 6.07) is -0.0243. The first-order valence-corrected chi connectivity index (χ1v) is 6.53. The van der Waals surface area contributed by atoms with Gasteiger partial charge in [0.05, 0.1) is 12.6 Å². The maximum absolute atomic E-state index is 11.8. The van der Waals surface area contributed by atoms with Crippen LogP contribution in [0, 0.1) is 5.92 Å². The van der Waals surface area contributed by atoms with Crippen LogP contribution in [0.2, 0.25) is 0 Å². The van der Waals surface area contributed by atoms with E-state index in [1.807, 2.05) is 5.38 Å². The smallest absolute Gasteiger partial charge is 0.237 e. The highest BCUT2D eigenvalue weighted by molar-refractivity contribution is 7.09. The van der Waals surface area contributed by atoms with Crippen molar-refractivity contribution in [1.29, 1.82) is 0 Å². The number of hydrogen-bond acceptors (Lipinski definition) is 4. The second-order valence-corrected chi connectivity index (χ2v) is 5.26. The third kappa shape index (κ3) is 3.02. The average molecular weight is 239 g/mol. The van der Waals surface area contributed by atoms with E-state index in [0.29, 0.717) is 12.5 Å². The maximum atomic E-state index is 11.8. The largest absolute Gasteiger partial charge is 0.348 e. The van der Waals surface area contributed by atoms with Gasteiger partial charge in [-0.2, -0.15) is 0 Å². The molecule has 1 aliphatic rings. The molecule has 5 heteroatoms. The topological polar surface area (TPSA) is 54.0 Å². The Morgan fingerprint density at radius 1 is 1.75 bits per heavy atom. The third-order valence-corrected chi connectivity index (χ3v) is 3.66. The van der Waals surface area contributed by atoms with Crippen molar-refractivity contribution >= 4 is 17.2 Å². The highest BCUT2D eigenvalue weighted by Gasteiger charge is 2.24. The van der Waals surface area contributed by atoms with Crippen molar-refractivity contribution in [2.24, 2.45) is 5.92 Å². The van der Waals surface area contributed by atoms with Gasteiger partial charge in [-0.25, -0.2) is 4.98 Å². The van der Waals surface area contributed by atoms with Crippen molar-refractivity contribution in [2.75, 3.05) is 6.54 Å². The Morgan fingerprint density at radius 2 is 2.62 bits per heavy atom. The zero-order valence-electron chi connectivity index (χ0n) is 9.40. The van der Waals surface area contributed by atoms with Crippen LogP contribution in [0.5, 0.6) is 0 Å². The fourth-order valence-electron chi connectivity index (χ4n) is 1.93. The number of nitrogens with one attached hydrogen (secondary N) is 2. The fourth-order valence-corrected chi connectivity index (χ4v) is 2.49. The molecule has 2 heterocycles. The standard InChI is InChI=1S/C11H17N3OS/c1-8-2-3-12-9(6-8)11(15)14-7-10-13-4-5-16-10/h4-5,8-9,12H,2-3,6-7H2,1H3,(H,14,15). The summed E-state index contributed by atoms with van der Waals surface area (Å²) in [6.45, 7) is 3.68. The molecular formula is C11H17N3OS. The number of aromatic nitrogens is 1. The second-order valence-electron chi connectivity index (χ2n) is 4.28. The quantitative estimate of drug-likeness (QED) is 0.832. The van der Waals surface area contributed by atoms with E-state index in [4.69, 9.17) is 0 Å². The highest BCUT2D eigenvalue weighted by Crippen LogP contribution is 2.15. The van der Waals surface area contributed by atoms with E-state index >= 15 is 0 Å². The predicted molar refractivity (Wildman–Crippen MR) is 64.1 cm³/mol. The van der Waals surface area contributed by atoms with Crippen molar-refractivity contribution in [3.8, 4) is 0 Å². The number of amides is 1. The van der Waals surface area contributed by atoms with Gasteiger partial charge in [-0.05, 0) is 25.3 Å². The minimum absolute atomic E-state index is 0.0243. The summed E-state index contributed by atoms with van der Waals surface area (Å²) in [6.07, 6.45) is 3.85. The summed E-state index contributed by atoms with van der Waals surface area (Å²) in [7, 11) is 0. The first-order chi connectivity index (χ1) is 7.75. The lowest BCUT2D eigenvalue weighted by molar-refractivity contribution is -0.124. The normalized spacial score (nSPS) is 25.3. The molecule has 0 radical (unpaired) electrons. The van der Waals surface area contributed by atoms with Gasteiger partial charge in [0, 0.05) is 11.6 Å². The first kappa shape index (κ1) is 11.5. The number of rotatable bonds is 3. The second kappa shape index (κ2) is 5.41. The molecule has 2 N–H and O–H groups in total. The summed E-state index contributed by atoms with van der Waals surface area (Å²) in [5.41, 5.74) is 0. The van der Waals surface area contributed by atoms with Gasteiger partial charge in [0.1, 0.15) is 5.01 Å². The summed E-state index contributed by atoms with van der Waals surface area (Å²) in [4.78, 5) is 16.0. The van der Waals surface area contributed by atoms with Crippen molar-refractivity contribution in [1.82, 2.24) is 15.6 Å². The summed E-state index contributed by atoms with van der Waals surface area (Å²) in [5, 5.41) is 9.05. The molecule has 0 saturated carbocycles. The van der Waals surface area contributed by atoms with Gasteiger partial charge >= 0.3 is 0 Å². The molecule has 0 spiro atoms. The molecule has 1 saturated heterocycles. The van der Waals surface area contributed by atoms with Crippen LogP contribution in [0.4, 0.5) is 0 Å². The maximum Gasteiger partial charge on any atom is 0.237 e. The van der Waals surface area contributed by atoms with E-state index in [1.165, 1.54) is 0 Å². The van der Waals surface area contributed by atoms with Gasteiger partial charge in [-0.15, -0.1) is 11.3 Å². The molecule has 0 aliphatic carbocycles. The van der Waals surface area contributed by atoms with E-state index < -0.39 is 0 Å². The Labute approximate surface area is 99.5 Å². The van der Waals surface area contributed by atoms with Crippen LogP contribution < -0.4 is 10.6 Å². The fraction of sp³-hybridized carbons (Fsp3) is 0.636. The zero-order chi connectivity index (χ0) is 11.4. The molecule has 1 fully saturated rings. The van der Waals surface area contributed by atoms with Gasteiger partial charge in [0.25, 0.3) is 0 Å². The molecule has 1 aliphatic heterocycles. The SMILES string of the molecule is CC1CCNC(C(=O)NCc2nccs2)C1. The van der Waals surface area contributed by atoms with Crippen LogP contribution >= 0.6 is 11.3 Å². The van der Waals surface area contributed by atoms with Crippen LogP contribution in [0.1, 0.15) is 24.8 Å². The predicted octanol–water partition coefficient (Wildman–Crippen LogP) is 1.15. The lowest BCUT2D eigenvalue weighted by Crippen LogP contribution is -2.48. The van der Waals surface area contributed by atoms with Gasteiger partial charge in [-0.1, -0.05) is 6.92 Å². The monoisotopic (exact) mass is 239 g/mol. The lowest BCUT2D eigenvalue weighted by Gasteiger charge is -2.27. The molecule has 16 heavy (non-hydrogen) atoms. The van der Waals surface area contributed by atoms with Crippen molar-refractivity contribution in [3.05, 3.63) is 16.6 Å². The summed E-state index contributed by atoms with van der Waals surface area (Å²) < 4.78 is 0. The van der Waals surface area contributed by atoms with Gasteiger partial charge in [-0.3, -0.25) is 4.79 Å². The number of carbonyl (C=O) groups is 1. The Balaban J connectivity index is 1.79. The van der Waals surface area contributed by atoms with E-state index in [-0.39, 0.29) is 11.9 Å². The van der Waals surface area contributed by atoms with E-state index in [1.54, 1.807) is 17.5 Å². The van der Waals surface area contributed by atoms with Gasteiger partial charge < -0.3 is 10.6 Å². The molecule has 2 unspecified atom stereocenters. The van der Waals surface area contributed by atoms with Crippen molar-refractivity contribution < 1.29 is 4.79 Å². The van der Waals surface area contributed by atoms with Crippen LogP contribution in [0.15, 0.2) is 11.6 Å². The van der Waals surface area contributed by atoms with E-state index in [0.717, 1.165) is 24.4 Å². The molecule has 1 amide bonds. The number of thiazole rings is 1. The number of piperidine rings is 1. The van der Waals surface area contributed by atoms with Crippen LogP contribution in [0.3, 0.4) is 0 Å². The van der Waals surface area contributed by atoms with Gasteiger partial charge in [0.2, 0.25) is 5.91 Å². The van der Waals surface area contributed by atoms with Crippen molar-refractivity contribution in [3.63, 3.8) is 0 Å². The van der Waals surface area contributed by atoms with Crippen molar-refractivity contribution in [2.45, 2.75) is 32.4 Å². The number of hydrogen-bond donors (Lipinski definition) is 2. The highest BCUT2D eigenvalue weighted by atomic mass is 32.1. The first-order valence-electron chi connectivity index (χ1n) is 5.65. The Kier molecular flexibility index (Phi) is 3.90. The molecule has 1 aromatic rings. The molecule has 4 nitrogen and oxygen atoms in total. The average Bonchev–Trinajstić information content (AvgIpc) is 2.78. The molecule has 2 rings (SSSR count). The van der Waals surface area contributed by atoms with Crippen LogP contribution in [-0.4, -0.2) is 23.5 Å². The number of nitrogens with zero attached hydrogens (tertiary/aromatic N) is 1. The molecule has 2 atom stereocenters. The van der Waals surface area contributed by atoms with E-state index in [2.05, 4.69) is 22.5 Å².